The van der Waals surface area contributed by atoms with E-state index in [9.17, 15) is 23.6 Å². The Morgan fingerprint density at radius 3 is 1.84 bits per heavy atom. The molecule has 2 aliphatic rings. The summed E-state index contributed by atoms with van der Waals surface area (Å²) in [6, 6.07) is 20.7. The number of pyridine rings is 2. The number of aryl methyl sites for hydroxylation is 1. The van der Waals surface area contributed by atoms with Crippen LogP contribution in [0.25, 0.3) is 33.2 Å². The van der Waals surface area contributed by atoms with Gasteiger partial charge in [0.25, 0.3) is 0 Å². The van der Waals surface area contributed by atoms with Gasteiger partial charge in [-0.1, -0.05) is 24.3 Å². The molecule has 2 aliphatic heterocycles. The second-order valence-electron chi connectivity index (χ2n) is 12.5. The zero-order chi connectivity index (χ0) is 38.9. The van der Waals surface area contributed by atoms with E-state index >= 15 is 0 Å². The molecular weight excluding hydrogens is 740 g/mol. The van der Waals surface area contributed by atoms with Crippen molar-refractivity contribution in [3.05, 3.63) is 147 Å². The van der Waals surface area contributed by atoms with Crippen molar-refractivity contribution in [1.29, 1.82) is 0 Å². The highest BCUT2D eigenvalue weighted by atomic mass is 32.2. The number of halogens is 1. The van der Waals surface area contributed by atoms with Gasteiger partial charge < -0.3 is 28.1 Å². The van der Waals surface area contributed by atoms with Gasteiger partial charge in [-0.05, 0) is 56.3 Å². The Bertz CT molecular complexity index is 2820. The lowest BCUT2D eigenvalue weighted by atomic mass is 10.1. The lowest BCUT2D eigenvalue weighted by Gasteiger charge is -2.24. The van der Waals surface area contributed by atoms with E-state index in [0.29, 0.717) is 39.4 Å². The lowest BCUT2D eigenvalue weighted by Crippen LogP contribution is -2.22. The van der Waals surface area contributed by atoms with Gasteiger partial charge in [-0.25, -0.2) is 14.0 Å². The second-order valence-corrected chi connectivity index (χ2v) is 13.6. The van der Waals surface area contributed by atoms with E-state index in [1.807, 2.05) is 47.0 Å². The van der Waals surface area contributed by atoms with E-state index in [4.69, 9.17) is 18.9 Å². The van der Waals surface area contributed by atoms with Crippen molar-refractivity contribution in [2.45, 2.75) is 25.2 Å². The molecule has 0 atom stereocenters. The third-order valence-corrected chi connectivity index (χ3v) is 9.97. The molecule has 14 heteroatoms. The van der Waals surface area contributed by atoms with Gasteiger partial charge in [0.05, 0.1) is 41.1 Å². The van der Waals surface area contributed by atoms with Crippen LogP contribution in [0, 0.1) is 5.82 Å². The van der Waals surface area contributed by atoms with Crippen molar-refractivity contribution in [3.8, 4) is 34.4 Å². The Labute approximate surface area is 322 Å². The molecule has 12 nitrogen and oxygen atoms in total. The van der Waals surface area contributed by atoms with E-state index in [-0.39, 0.29) is 40.9 Å². The molecule has 0 fully saturated rings. The largest absolute Gasteiger partial charge is 0.462 e. The number of para-hydroxylation sites is 4. The number of thioether (sulfide) groups is 1. The number of hydrogen-bond donors (Lipinski definition) is 0. The third-order valence-electron chi connectivity index (χ3n) is 8.99. The molecule has 280 valence electrons. The molecule has 0 unspecified atom stereocenters. The Hall–Kier alpha value is -6.80. The minimum Gasteiger partial charge on any atom is -0.462 e. The maximum absolute atomic E-state index is 13.9. The Balaban J connectivity index is 0.000000164. The van der Waals surface area contributed by atoms with E-state index in [1.165, 1.54) is 12.3 Å². The van der Waals surface area contributed by atoms with Gasteiger partial charge in [0.2, 0.25) is 10.9 Å². The Kier molecular flexibility index (Phi) is 9.79. The summed E-state index contributed by atoms with van der Waals surface area (Å²) in [6.45, 7) is 3.71. The number of hydrogen-bond acceptors (Lipinski definition) is 11. The van der Waals surface area contributed by atoms with Crippen LogP contribution in [0.3, 0.4) is 0 Å². The quantitative estimate of drug-likeness (QED) is 0.110. The van der Waals surface area contributed by atoms with Crippen LogP contribution in [0.5, 0.6) is 23.0 Å². The first kappa shape index (κ1) is 36.2. The number of benzene rings is 4. The van der Waals surface area contributed by atoms with Crippen molar-refractivity contribution in [2.24, 2.45) is 0 Å². The summed E-state index contributed by atoms with van der Waals surface area (Å²) in [5, 5.41) is 0.495. The summed E-state index contributed by atoms with van der Waals surface area (Å²) in [7, 11) is 0. The van der Waals surface area contributed by atoms with Crippen LogP contribution in [-0.2, 0) is 15.9 Å². The standard InChI is InChI=1S/C24H19N3O4S.C18H12FNO4/c1-2-30-24(29)18-14-27-19-5-3-4-6-20(19)31-21-12-16(11-17(22(21)27)23(18)28)32-10-7-15-13-25-8-9-26-15;1-2-23-18(22)12-9-20-13-5-3-4-6-14(13)24-15-8-10(19)7-11(16(15)20)17(12)21/h3-6,8-9,11-14H,2,7,10H2,1H3;3-9H,2H2,1H3. The van der Waals surface area contributed by atoms with Gasteiger partial charge in [-0.3, -0.25) is 19.6 Å². The third kappa shape index (κ3) is 6.64. The SMILES string of the molecule is CCOC(=O)c1cn2c3c(cc(F)cc3c1=O)Oc1ccccc1-2.CCOC(=O)c1cn2c3c(cc(SCCc4cnccn4)cc3c1=O)Oc1ccccc1-2. The van der Waals surface area contributed by atoms with E-state index < -0.39 is 23.2 Å². The number of nitrogens with zero attached hydrogens (tertiary/aromatic N) is 4. The molecule has 0 N–H and O–H groups in total. The van der Waals surface area contributed by atoms with Crippen LogP contribution in [0.4, 0.5) is 4.39 Å². The Morgan fingerprint density at radius 2 is 1.29 bits per heavy atom. The number of aromatic nitrogens is 4. The van der Waals surface area contributed by atoms with Crippen molar-refractivity contribution in [1.82, 2.24) is 19.1 Å². The van der Waals surface area contributed by atoms with Crippen molar-refractivity contribution < 1.29 is 32.9 Å². The van der Waals surface area contributed by atoms with Gasteiger partial charge in [0.15, 0.2) is 23.0 Å². The first-order valence-electron chi connectivity index (χ1n) is 17.6. The summed E-state index contributed by atoms with van der Waals surface area (Å²) in [5.41, 5.74) is 2.30. The minimum absolute atomic E-state index is 0.00344. The predicted octanol–water partition coefficient (Wildman–Crippen LogP) is 7.81. The zero-order valence-corrected chi connectivity index (χ0v) is 30.8. The topological polar surface area (TPSA) is 141 Å². The van der Waals surface area contributed by atoms with Crippen LogP contribution in [0.1, 0.15) is 40.3 Å². The molecule has 0 aliphatic carbocycles. The van der Waals surface area contributed by atoms with Crippen molar-refractivity contribution in [3.63, 3.8) is 0 Å². The molecule has 5 heterocycles. The normalized spacial score (nSPS) is 11.7. The molecule has 56 heavy (non-hydrogen) atoms. The number of fused-ring (bicyclic) bond motifs is 4. The van der Waals surface area contributed by atoms with Crippen molar-refractivity contribution >= 4 is 45.5 Å². The fourth-order valence-corrected chi connectivity index (χ4v) is 7.51. The van der Waals surface area contributed by atoms with Crippen LogP contribution in [0.2, 0.25) is 0 Å². The number of carbonyl (C=O) groups excluding carboxylic acids is 2. The molecule has 9 rings (SSSR count). The number of ether oxygens (including phenoxy) is 4. The fraction of sp³-hybridized carbons (Fsp3) is 0.143. The monoisotopic (exact) mass is 770 g/mol. The van der Waals surface area contributed by atoms with Crippen LogP contribution < -0.4 is 20.3 Å². The smallest absolute Gasteiger partial charge is 0.343 e. The lowest BCUT2D eigenvalue weighted by molar-refractivity contribution is 0.0514. The average molecular weight is 771 g/mol. The summed E-state index contributed by atoms with van der Waals surface area (Å²) < 4.78 is 39.4. The first-order valence-corrected chi connectivity index (χ1v) is 18.6. The summed E-state index contributed by atoms with van der Waals surface area (Å²) in [4.78, 5) is 59.8. The molecule has 0 saturated carbocycles. The molecule has 0 amide bonds. The van der Waals surface area contributed by atoms with Gasteiger partial charge in [0, 0.05) is 54.1 Å². The molecule has 0 bridgehead atoms. The van der Waals surface area contributed by atoms with E-state index in [1.54, 1.807) is 73.2 Å². The Morgan fingerprint density at radius 1 is 0.732 bits per heavy atom. The highest BCUT2D eigenvalue weighted by Crippen LogP contribution is 2.42. The summed E-state index contributed by atoms with van der Waals surface area (Å²) in [5.74, 6) is 0.758. The summed E-state index contributed by atoms with van der Waals surface area (Å²) in [6.07, 6.45) is 8.77. The van der Waals surface area contributed by atoms with Gasteiger partial charge in [-0.15, -0.1) is 11.8 Å². The van der Waals surface area contributed by atoms with Crippen LogP contribution in [-0.4, -0.2) is 50.0 Å². The highest BCUT2D eigenvalue weighted by Gasteiger charge is 2.27. The number of carbonyl (C=O) groups is 2. The van der Waals surface area contributed by atoms with Crippen LogP contribution in [0.15, 0.2) is 118 Å². The first-order chi connectivity index (χ1) is 27.2. The molecule has 0 radical (unpaired) electrons. The van der Waals surface area contributed by atoms with Gasteiger partial charge in [0.1, 0.15) is 28.0 Å². The van der Waals surface area contributed by atoms with E-state index in [0.717, 1.165) is 34.5 Å². The molecule has 7 aromatic rings. The maximum atomic E-state index is 13.9. The van der Waals surface area contributed by atoms with Gasteiger partial charge >= 0.3 is 11.9 Å². The number of esters is 2. The number of rotatable bonds is 8. The molecule has 3 aromatic heterocycles. The highest BCUT2D eigenvalue weighted by molar-refractivity contribution is 7.99. The molecule has 0 spiro atoms. The van der Waals surface area contributed by atoms with Crippen LogP contribution >= 0.6 is 11.8 Å². The minimum atomic E-state index is -0.733. The second kappa shape index (κ2) is 15.1. The molecular formula is C42H31FN4O8S. The molecule has 4 aromatic carbocycles. The zero-order valence-electron chi connectivity index (χ0n) is 30.0. The predicted molar refractivity (Wildman–Crippen MR) is 208 cm³/mol. The maximum Gasteiger partial charge on any atom is 0.343 e. The molecule has 0 saturated heterocycles. The fourth-order valence-electron chi connectivity index (χ4n) is 6.58. The van der Waals surface area contributed by atoms with Gasteiger partial charge in [-0.2, -0.15) is 0 Å². The average Bonchev–Trinajstić information content (AvgIpc) is 3.20. The summed E-state index contributed by atoms with van der Waals surface area (Å²) >= 11 is 1.59. The van der Waals surface area contributed by atoms with E-state index in [2.05, 4.69) is 9.97 Å². The van der Waals surface area contributed by atoms with Crippen molar-refractivity contribution in [2.75, 3.05) is 19.0 Å².